The Morgan fingerprint density at radius 1 is 1.09 bits per heavy atom. The quantitative estimate of drug-likeness (QED) is 0.890. The van der Waals surface area contributed by atoms with E-state index in [1.165, 1.54) is 17.5 Å². The van der Waals surface area contributed by atoms with Crippen LogP contribution in [0.5, 0.6) is 0 Å². The summed E-state index contributed by atoms with van der Waals surface area (Å²) in [5.74, 6) is 0.625. The van der Waals surface area contributed by atoms with Crippen molar-refractivity contribution in [2.75, 3.05) is 13.1 Å². The van der Waals surface area contributed by atoms with E-state index in [1.807, 2.05) is 30.3 Å². The molecule has 0 saturated carbocycles. The second kappa shape index (κ2) is 7.29. The first kappa shape index (κ1) is 16.2. The van der Waals surface area contributed by atoms with Gasteiger partial charge in [0.25, 0.3) is 0 Å². The predicted octanol–water partition coefficient (Wildman–Crippen LogP) is 4.30. The summed E-state index contributed by atoms with van der Waals surface area (Å²) in [5.41, 5.74) is 3.91. The molecule has 2 aromatic rings. The molecule has 2 nitrogen and oxygen atoms in total. The second-order valence-corrected chi connectivity index (χ2v) is 6.85. The Morgan fingerprint density at radius 2 is 1.78 bits per heavy atom. The first-order valence-corrected chi connectivity index (χ1v) is 8.67. The zero-order chi connectivity index (χ0) is 16.2. The maximum atomic E-state index is 10.4. The molecule has 2 heteroatoms. The number of aliphatic hydroxyl groups excluding tert-OH is 1. The average molecular weight is 309 g/mol. The van der Waals surface area contributed by atoms with Gasteiger partial charge in [-0.25, -0.2) is 0 Å². The number of rotatable bonds is 5. The van der Waals surface area contributed by atoms with Crippen molar-refractivity contribution >= 4 is 0 Å². The summed E-state index contributed by atoms with van der Waals surface area (Å²) in [5, 5.41) is 10.4. The summed E-state index contributed by atoms with van der Waals surface area (Å²) in [4.78, 5) is 2.53. The van der Waals surface area contributed by atoms with E-state index >= 15 is 0 Å². The van der Waals surface area contributed by atoms with Gasteiger partial charge in [0.1, 0.15) is 0 Å². The van der Waals surface area contributed by atoms with Crippen LogP contribution in [0.2, 0.25) is 0 Å². The Morgan fingerprint density at radius 3 is 2.52 bits per heavy atom. The van der Waals surface area contributed by atoms with Crippen LogP contribution in [0.25, 0.3) is 0 Å². The molecule has 0 radical (unpaired) electrons. The van der Waals surface area contributed by atoms with E-state index in [0.717, 1.165) is 25.1 Å². The molecule has 3 rings (SSSR count). The molecule has 23 heavy (non-hydrogen) atoms. The van der Waals surface area contributed by atoms with Gasteiger partial charge in [-0.05, 0) is 49.3 Å². The van der Waals surface area contributed by atoms with Gasteiger partial charge in [-0.2, -0.15) is 0 Å². The Kier molecular flexibility index (Phi) is 5.14. The van der Waals surface area contributed by atoms with E-state index in [4.69, 9.17) is 0 Å². The molecule has 0 spiro atoms. The summed E-state index contributed by atoms with van der Waals surface area (Å²) in [6.07, 6.45) is 1.65. The number of likely N-dealkylation sites (tertiary alicyclic amines) is 1. The summed E-state index contributed by atoms with van der Waals surface area (Å²) >= 11 is 0. The normalized spacial score (nSPS) is 23.1. The SMILES string of the molecule is Cc1ccccc1[C@H]1C[C@@H](C)N(CC[C@@H](O)c2ccccc2)C1. The molecule has 1 heterocycles. The van der Waals surface area contributed by atoms with Gasteiger partial charge in [-0.3, -0.25) is 4.90 Å². The minimum Gasteiger partial charge on any atom is -0.388 e. The second-order valence-electron chi connectivity index (χ2n) is 6.85. The summed E-state index contributed by atoms with van der Waals surface area (Å²) < 4.78 is 0. The lowest BCUT2D eigenvalue weighted by Crippen LogP contribution is -2.29. The van der Waals surface area contributed by atoms with Crippen LogP contribution < -0.4 is 0 Å². The predicted molar refractivity (Wildman–Crippen MR) is 95.6 cm³/mol. The molecule has 0 unspecified atom stereocenters. The highest BCUT2D eigenvalue weighted by Gasteiger charge is 2.30. The van der Waals surface area contributed by atoms with Crippen molar-refractivity contribution in [2.24, 2.45) is 0 Å². The van der Waals surface area contributed by atoms with Crippen LogP contribution >= 0.6 is 0 Å². The maximum Gasteiger partial charge on any atom is 0.0802 e. The molecule has 1 N–H and O–H groups in total. The average Bonchev–Trinajstić information content (AvgIpc) is 2.94. The minimum atomic E-state index is -0.360. The fourth-order valence-corrected chi connectivity index (χ4v) is 3.81. The highest BCUT2D eigenvalue weighted by atomic mass is 16.3. The van der Waals surface area contributed by atoms with Crippen molar-refractivity contribution in [2.45, 2.75) is 44.8 Å². The van der Waals surface area contributed by atoms with Gasteiger partial charge in [0.2, 0.25) is 0 Å². The van der Waals surface area contributed by atoms with Crippen LogP contribution in [0, 0.1) is 6.92 Å². The zero-order valence-electron chi connectivity index (χ0n) is 14.2. The van der Waals surface area contributed by atoms with Gasteiger partial charge < -0.3 is 5.11 Å². The van der Waals surface area contributed by atoms with Crippen LogP contribution in [0.1, 0.15) is 48.5 Å². The van der Waals surface area contributed by atoms with Crippen LogP contribution in [0.3, 0.4) is 0 Å². The van der Waals surface area contributed by atoms with E-state index in [9.17, 15) is 5.11 Å². The molecule has 3 atom stereocenters. The monoisotopic (exact) mass is 309 g/mol. The third-order valence-corrected chi connectivity index (χ3v) is 5.21. The highest BCUT2D eigenvalue weighted by Crippen LogP contribution is 2.33. The standard InChI is InChI=1S/C21H27NO/c1-16-8-6-7-11-20(16)19-14-17(2)22(15-19)13-12-21(23)18-9-4-3-5-10-18/h3-11,17,19,21,23H,12-15H2,1-2H3/t17-,19+,21-/m1/s1. The zero-order valence-corrected chi connectivity index (χ0v) is 14.2. The van der Waals surface area contributed by atoms with E-state index in [-0.39, 0.29) is 6.10 Å². The Bertz CT molecular complexity index is 625. The van der Waals surface area contributed by atoms with Crippen molar-refractivity contribution in [1.29, 1.82) is 0 Å². The maximum absolute atomic E-state index is 10.4. The Balaban J connectivity index is 1.58. The first-order chi connectivity index (χ1) is 11.1. The van der Waals surface area contributed by atoms with Gasteiger partial charge in [0.05, 0.1) is 6.10 Å². The third kappa shape index (κ3) is 3.82. The van der Waals surface area contributed by atoms with E-state index in [0.29, 0.717) is 12.0 Å². The lowest BCUT2D eigenvalue weighted by molar-refractivity contribution is 0.140. The van der Waals surface area contributed by atoms with Gasteiger partial charge in [-0.1, -0.05) is 54.6 Å². The van der Waals surface area contributed by atoms with Crippen molar-refractivity contribution in [1.82, 2.24) is 4.90 Å². The number of hydrogen-bond donors (Lipinski definition) is 1. The van der Waals surface area contributed by atoms with Crippen molar-refractivity contribution < 1.29 is 5.11 Å². The summed E-state index contributed by atoms with van der Waals surface area (Å²) in [6, 6.07) is 19.3. The van der Waals surface area contributed by atoms with Crippen molar-refractivity contribution in [3.8, 4) is 0 Å². The highest BCUT2D eigenvalue weighted by molar-refractivity contribution is 5.30. The fraction of sp³-hybridized carbons (Fsp3) is 0.429. The molecule has 1 fully saturated rings. The molecular formula is C21H27NO. The largest absolute Gasteiger partial charge is 0.388 e. The molecule has 0 amide bonds. The number of benzene rings is 2. The van der Waals surface area contributed by atoms with E-state index in [2.05, 4.69) is 43.0 Å². The lowest BCUT2D eigenvalue weighted by atomic mass is 9.93. The molecule has 2 aromatic carbocycles. The fourth-order valence-electron chi connectivity index (χ4n) is 3.81. The molecule has 122 valence electrons. The number of aryl methyl sites for hydroxylation is 1. The first-order valence-electron chi connectivity index (χ1n) is 8.67. The van der Waals surface area contributed by atoms with Crippen molar-refractivity contribution in [3.05, 3.63) is 71.3 Å². The van der Waals surface area contributed by atoms with E-state index < -0.39 is 0 Å². The van der Waals surface area contributed by atoms with Crippen LogP contribution in [0.15, 0.2) is 54.6 Å². The summed E-state index contributed by atoms with van der Waals surface area (Å²) in [7, 11) is 0. The molecule has 1 aliphatic rings. The number of hydrogen-bond acceptors (Lipinski definition) is 2. The van der Waals surface area contributed by atoms with E-state index in [1.54, 1.807) is 0 Å². The molecule has 1 aliphatic heterocycles. The minimum absolute atomic E-state index is 0.360. The Labute approximate surface area is 139 Å². The van der Waals surface area contributed by atoms with Gasteiger partial charge >= 0.3 is 0 Å². The molecule has 0 bridgehead atoms. The van der Waals surface area contributed by atoms with Gasteiger partial charge in [0.15, 0.2) is 0 Å². The smallest absolute Gasteiger partial charge is 0.0802 e. The van der Waals surface area contributed by atoms with Crippen molar-refractivity contribution in [3.63, 3.8) is 0 Å². The molecular weight excluding hydrogens is 282 g/mol. The number of aliphatic hydroxyl groups is 1. The third-order valence-electron chi connectivity index (χ3n) is 5.21. The van der Waals surface area contributed by atoms with Crippen LogP contribution in [-0.4, -0.2) is 29.1 Å². The summed E-state index contributed by atoms with van der Waals surface area (Å²) in [6.45, 7) is 6.59. The number of nitrogens with zero attached hydrogens (tertiary/aromatic N) is 1. The van der Waals surface area contributed by atoms with Gasteiger partial charge in [0, 0.05) is 19.1 Å². The topological polar surface area (TPSA) is 23.5 Å². The molecule has 0 aromatic heterocycles. The molecule has 0 aliphatic carbocycles. The molecule has 1 saturated heterocycles. The van der Waals surface area contributed by atoms with Crippen LogP contribution in [-0.2, 0) is 0 Å². The lowest BCUT2D eigenvalue weighted by Gasteiger charge is -2.22. The Hall–Kier alpha value is -1.64. The van der Waals surface area contributed by atoms with Crippen LogP contribution in [0.4, 0.5) is 0 Å². The van der Waals surface area contributed by atoms with Gasteiger partial charge in [-0.15, -0.1) is 0 Å².